The molecule has 0 atom stereocenters. The van der Waals surface area contributed by atoms with E-state index < -0.39 is 34.7 Å². The number of H-pyrrole nitrogens is 1. The third-order valence-electron chi connectivity index (χ3n) is 6.68. The van der Waals surface area contributed by atoms with Gasteiger partial charge in [0.25, 0.3) is 0 Å². The molecule has 0 bridgehead atoms. The second-order valence-electron chi connectivity index (χ2n) is 8.58. The summed E-state index contributed by atoms with van der Waals surface area (Å²) in [5.74, 6) is -5.43. The summed E-state index contributed by atoms with van der Waals surface area (Å²) in [5.41, 5.74) is 6.51. The lowest BCUT2D eigenvalue weighted by molar-refractivity contribution is -0.133. The first-order chi connectivity index (χ1) is 16.7. The molecule has 3 N–H and O–H groups in total. The minimum absolute atomic E-state index is 0.128. The van der Waals surface area contributed by atoms with Crippen LogP contribution >= 0.6 is 0 Å². The van der Waals surface area contributed by atoms with Crippen LogP contribution in [0.15, 0.2) is 62.5 Å². The lowest BCUT2D eigenvalue weighted by Crippen LogP contribution is -2.44. The smallest absolute Gasteiger partial charge is 0.236 e. The zero-order chi connectivity index (χ0) is 25.2. The Labute approximate surface area is 198 Å². The van der Waals surface area contributed by atoms with E-state index >= 15 is 0 Å². The van der Waals surface area contributed by atoms with Crippen molar-refractivity contribution in [1.29, 1.82) is 0 Å². The van der Waals surface area contributed by atoms with E-state index in [1.54, 1.807) is 0 Å². The molecule has 174 valence electrons. The molecule has 3 aliphatic carbocycles. The molecule has 35 heavy (non-hydrogen) atoms. The number of carbonyl (C=O) groups excluding carboxylic acids is 6. The van der Waals surface area contributed by atoms with Crippen molar-refractivity contribution in [2.24, 2.45) is 10.7 Å². The van der Waals surface area contributed by atoms with Crippen molar-refractivity contribution >= 4 is 52.1 Å². The lowest BCUT2D eigenvalue weighted by Gasteiger charge is -2.22. The molecule has 9 nitrogen and oxygen atoms in total. The molecule has 1 aliphatic heterocycles. The van der Waals surface area contributed by atoms with Crippen LogP contribution in [0.5, 0.6) is 0 Å². The maximum absolute atomic E-state index is 13.5. The van der Waals surface area contributed by atoms with Crippen molar-refractivity contribution in [3.05, 3.63) is 68.0 Å². The van der Waals surface area contributed by atoms with Gasteiger partial charge in [0.1, 0.15) is 0 Å². The van der Waals surface area contributed by atoms with Gasteiger partial charge in [0.15, 0.2) is 0 Å². The molecule has 0 radical (unpaired) electrons. The maximum atomic E-state index is 13.5. The summed E-state index contributed by atoms with van der Waals surface area (Å²) in [6.45, 7) is 3.23. The highest BCUT2D eigenvalue weighted by molar-refractivity contribution is 6.71. The van der Waals surface area contributed by atoms with E-state index in [-0.39, 0.29) is 57.0 Å². The summed E-state index contributed by atoms with van der Waals surface area (Å²) in [7, 11) is 0. The number of Topliss-reactive ketones (excluding diaryl/α,β-unsaturated/α-hetero) is 6. The zero-order valence-corrected chi connectivity index (χ0v) is 18.9. The number of nitrogens with zero attached hydrogens (tertiary/aromatic N) is 1. The van der Waals surface area contributed by atoms with E-state index in [0.717, 1.165) is 0 Å². The molecule has 2 heterocycles. The summed E-state index contributed by atoms with van der Waals surface area (Å²) < 4.78 is 0. The largest absolute Gasteiger partial charge is 0.361 e. The standard InChI is InChI=1S/C26H19N3O6/c1-10-12(3-6-27)9-15(23(32)21(10)30)18-20-14(5-8-29-20)17(25(34)26(18)35)16-13-4-7-28-19(13)11(2)22(31)24(16)33/h5,7-9,29H,3-4,6,27H2,1-2H3. The third-order valence-corrected chi connectivity index (χ3v) is 6.68. The van der Waals surface area contributed by atoms with Crippen LogP contribution in [0.25, 0.3) is 11.1 Å². The van der Waals surface area contributed by atoms with Crippen molar-refractivity contribution in [3.8, 4) is 0 Å². The van der Waals surface area contributed by atoms with E-state index in [9.17, 15) is 28.8 Å². The second-order valence-corrected chi connectivity index (χ2v) is 8.58. The first-order valence-electron chi connectivity index (χ1n) is 11.0. The van der Waals surface area contributed by atoms with Gasteiger partial charge in [0.2, 0.25) is 34.7 Å². The normalized spacial score (nSPS) is 20.5. The van der Waals surface area contributed by atoms with Gasteiger partial charge in [-0.1, -0.05) is 0 Å². The SMILES string of the molecule is CC1=C(CCN)C=C(C2=c3[nH]ccc3=C(C3=C4CC=NC4=C(C)C(=O)C3=O)C(=O)C2=O)C(=O)C1=O. The lowest BCUT2D eigenvalue weighted by atomic mass is 9.77. The number of nitrogens with one attached hydrogen (secondary N) is 1. The fourth-order valence-electron chi connectivity index (χ4n) is 4.88. The van der Waals surface area contributed by atoms with Gasteiger partial charge in [0, 0.05) is 51.9 Å². The first kappa shape index (κ1) is 22.4. The number of nitrogens with two attached hydrogens (primary N) is 1. The summed E-state index contributed by atoms with van der Waals surface area (Å²) >= 11 is 0. The summed E-state index contributed by atoms with van der Waals surface area (Å²) in [6, 6.07) is 1.50. The van der Waals surface area contributed by atoms with Crippen LogP contribution in [0.3, 0.4) is 0 Å². The van der Waals surface area contributed by atoms with Crippen LogP contribution in [-0.4, -0.2) is 52.4 Å². The Morgan fingerprint density at radius 3 is 2.23 bits per heavy atom. The Bertz CT molecular complexity index is 1630. The predicted molar refractivity (Wildman–Crippen MR) is 124 cm³/mol. The molecule has 1 aromatic rings. The molecular weight excluding hydrogens is 450 g/mol. The Morgan fingerprint density at radius 2 is 1.51 bits per heavy atom. The van der Waals surface area contributed by atoms with E-state index in [0.29, 0.717) is 23.3 Å². The van der Waals surface area contributed by atoms with Crippen LogP contribution in [0.1, 0.15) is 26.7 Å². The molecule has 5 rings (SSSR count). The van der Waals surface area contributed by atoms with Gasteiger partial charge in [-0.05, 0) is 50.1 Å². The Balaban J connectivity index is 1.86. The number of aliphatic imine (C=N–C) groups is 1. The molecule has 0 saturated heterocycles. The van der Waals surface area contributed by atoms with Crippen LogP contribution in [0, 0.1) is 0 Å². The van der Waals surface area contributed by atoms with E-state index in [1.807, 2.05) is 0 Å². The number of allylic oxidation sites excluding steroid dienone is 6. The van der Waals surface area contributed by atoms with Gasteiger partial charge < -0.3 is 10.7 Å². The summed E-state index contributed by atoms with van der Waals surface area (Å²) in [5, 5.41) is 0.329. The number of ketones is 6. The Kier molecular flexibility index (Phi) is 5.03. The van der Waals surface area contributed by atoms with Gasteiger partial charge in [-0.25, -0.2) is 0 Å². The molecule has 0 aromatic carbocycles. The minimum Gasteiger partial charge on any atom is -0.361 e. The highest BCUT2D eigenvalue weighted by Gasteiger charge is 2.43. The molecule has 0 fully saturated rings. The van der Waals surface area contributed by atoms with E-state index in [4.69, 9.17) is 5.73 Å². The highest BCUT2D eigenvalue weighted by Crippen LogP contribution is 2.37. The number of carbonyl (C=O) groups is 6. The van der Waals surface area contributed by atoms with E-state index in [1.165, 1.54) is 38.4 Å². The third kappa shape index (κ3) is 3.01. The quantitative estimate of drug-likeness (QED) is 0.441. The first-order valence-corrected chi connectivity index (χ1v) is 11.0. The van der Waals surface area contributed by atoms with Crippen molar-refractivity contribution in [2.75, 3.05) is 6.54 Å². The minimum atomic E-state index is -1.05. The average Bonchev–Trinajstić information content (AvgIpc) is 3.51. The molecule has 9 heteroatoms. The predicted octanol–water partition coefficient (Wildman–Crippen LogP) is -0.592. The molecule has 0 saturated carbocycles. The molecule has 1 aromatic heterocycles. The second kappa shape index (κ2) is 7.85. The van der Waals surface area contributed by atoms with Gasteiger partial charge >= 0.3 is 0 Å². The van der Waals surface area contributed by atoms with Crippen LogP contribution in [0.2, 0.25) is 0 Å². The maximum Gasteiger partial charge on any atom is 0.236 e. The topological polar surface area (TPSA) is 157 Å². The summed E-state index contributed by atoms with van der Waals surface area (Å²) in [6.07, 6.45) is 4.96. The summed E-state index contributed by atoms with van der Waals surface area (Å²) in [4.78, 5) is 85.2. The van der Waals surface area contributed by atoms with Gasteiger partial charge in [-0.15, -0.1) is 0 Å². The number of aromatic amines is 1. The Hall–Kier alpha value is -4.37. The highest BCUT2D eigenvalue weighted by atomic mass is 16.2. The van der Waals surface area contributed by atoms with Gasteiger partial charge in [0.05, 0.1) is 16.6 Å². The number of aromatic nitrogens is 1. The van der Waals surface area contributed by atoms with Gasteiger partial charge in [-0.3, -0.25) is 33.8 Å². The fraction of sp³-hybridized carbons (Fsp3) is 0.192. The number of hydrogen-bond donors (Lipinski definition) is 2. The van der Waals surface area contributed by atoms with Crippen molar-refractivity contribution in [3.63, 3.8) is 0 Å². The van der Waals surface area contributed by atoms with Crippen LogP contribution in [0.4, 0.5) is 0 Å². The van der Waals surface area contributed by atoms with Crippen molar-refractivity contribution in [2.45, 2.75) is 26.7 Å². The van der Waals surface area contributed by atoms with Gasteiger partial charge in [-0.2, -0.15) is 0 Å². The van der Waals surface area contributed by atoms with E-state index in [2.05, 4.69) is 9.98 Å². The van der Waals surface area contributed by atoms with Crippen molar-refractivity contribution in [1.82, 2.24) is 4.98 Å². The average molecular weight is 469 g/mol. The molecule has 4 aliphatic rings. The zero-order valence-electron chi connectivity index (χ0n) is 18.9. The molecule has 0 unspecified atom stereocenters. The monoisotopic (exact) mass is 469 g/mol. The fourth-order valence-corrected chi connectivity index (χ4v) is 4.88. The number of hydrogen-bond acceptors (Lipinski definition) is 8. The molecule has 0 spiro atoms. The van der Waals surface area contributed by atoms with Crippen molar-refractivity contribution < 1.29 is 28.8 Å². The number of rotatable bonds is 4. The molecular formula is C26H19N3O6. The van der Waals surface area contributed by atoms with Crippen LogP contribution in [-0.2, 0) is 28.8 Å². The number of fused-ring (bicyclic) bond motifs is 2. The van der Waals surface area contributed by atoms with Crippen LogP contribution < -0.4 is 16.3 Å². The Morgan fingerprint density at radius 1 is 0.857 bits per heavy atom. The molecule has 0 amide bonds.